The molecule has 18 heavy (non-hydrogen) atoms. The average molecular weight is 245 g/mol. The van der Waals surface area contributed by atoms with Crippen molar-refractivity contribution in [2.75, 3.05) is 19.6 Å². The summed E-state index contributed by atoms with van der Waals surface area (Å²) in [5.41, 5.74) is 1.07. The van der Waals surface area contributed by atoms with Crippen molar-refractivity contribution in [1.29, 1.82) is 0 Å². The molecule has 0 radical (unpaired) electrons. The lowest BCUT2D eigenvalue weighted by Gasteiger charge is -2.29. The van der Waals surface area contributed by atoms with Gasteiger partial charge in [0, 0.05) is 6.54 Å². The third kappa shape index (κ3) is 3.81. The number of hydrogen-bond acceptors (Lipinski definition) is 1. The zero-order chi connectivity index (χ0) is 12.8. The summed E-state index contributed by atoms with van der Waals surface area (Å²) in [6, 6.07) is 6.65. The Bertz CT molecular complexity index is 400. The van der Waals surface area contributed by atoms with Crippen molar-refractivity contribution in [3.05, 3.63) is 54.4 Å². The first-order valence-corrected chi connectivity index (χ1v) is 6.55. The second kappa shape index (κ2) is 6.50. The highest BCUT2D eigenvalue weighted by Crippen LogP contribution is 2.19. The zero-order valence-corrected chi connectivity index (χ0v) is 10.7. The van der Waals surface area contributed by atoms with Crippen LogP contribution in [0, 0.1) is 11.7 Å². The van der Waals surface area contributed by atoms with Gasteiger partial charge in [0.2, 0.25) is 0 Å². The van der Waals surface area contributed by atoms with Crippen LogP contribution in [-0.2, 0) is 0 Å². The van der Waals surface area contributed by atoms with Crippen molar-refractivity contribution in [3.8, 4) is 0 Å². The molecule has 1 aromatic rings. The molecule has 0 unspecified atom stereocenters. The van der Waals surface area contributed by atoms with Gasteiger partial charge in [0.25, 0.3) is 0 Å². The third-order valence-electron chi connectivity index (χ3n) is 3.45. The first kappa shape index (κ1) is 13.0. The van der Waals surface area contributed by atoms with Gasteiger partial charge in [-0.05, 0) is 49.5 Å². The molecule has 0 atom stereocenters. The summed E-state index contributed by atoms with van der Waals surface area (Å²) >= 11 is 0. The van der Waals surface area contributed by atoms with E-state index in [-0.39, 0.29) is 5.82 Å². The van der Waals surface area contributed by atoms with Gasteiger partial charge >= 0.3 is 0 Å². The number of nitrogens with zero attached hydrogens (tertiary/aromatic N) is 1. The van der Waals surface area contributed by atoms with Crippen molar-refractivity contribution in [1.82, 2.24) is 4.90 Å². The van der Waals surface area contributed by atoms with E-state index in [0.29, 0.717) is 5.92 Å². The van der Waals surface area contributed by atoms with E-state index in [1.54, 1.807) is 0 Å². The molecule has 0 aromatic heterocycles. The van der Waals surface area contributed by atoms with Crippen molar-refractivity contribution < 1.29 is 4.39 Å². The second-order valence-corrected chi connectivity index (χ2v) is 4.84. The first-order chi connectivity index (χ1) is 8.78. The Hall–Kier alpha value is -1.41. The van der Waals surface area contributed by atoms with Gasteiger partial charge in [0.1, 0.15) is 5.82 Å². The van der Waals surface area contributed by atoms with Crippen LogP contribution in [0.2, 0.25) is 0 Å². The number of piperidine rings is 1. The van der Waals surface area contributed by atoms with E-state index in [1.165, 1.54) is 25.0 Å². The number of halogens is 1. The van der Waals surface area contributed by atoms with E-state index in [0.717, 1.165) is 25.2 Å². The molecule has 1 aliphatic heterocycles. The van der Waals surface area contributed by atoms with Crippen molar-refractivity contribution >= 4 is 6.08 Å². The molecule has 0 amide bonds. The Morgan fingerprint density at radius 3 is 2.50 bits per heavy atom. The van der Waals surface area contributed by atoms with E-state index in [1.807, 2.05) is 18.2 Å². The van der Waals surface area contributed by atoms with Crippen LogP contribution in [-0.4, -0.2) is 24.5 Å². The van der Waals surface area contributed by atoms with Crippen LogP contribution in [0.5, 0.6) is 0 Å². The van der Waals surface area contributed by atoms with Crippen LogP contribution in [0.25, 0.3) is 6.08 Å². The number of allylic oxidation sites excluding steroid dienone is 1. The Balaban J connectivity index is 1.84. The van der Waals surface area contributed by atoms with Crippen molar-refractivity contribution in [2.24, 2.45) is 5.92 Å². The van der Waals surface area contributed by atoms with Gasteiger partial charge in [-0.3, -0.25) is 4.90 Å². The summed E-state index contributed by atoms with van der Waals surface area (Å²) in [4.78, 5) is 2.43. The molecule has 2 heteroatoms. The maximum atomic E-state index is 12.8. The van der Waals surface area contributed by atoms with Gasteiger partial charge in [-0.15, -0.1) is 6.58 Å². The smallest absolute Gasteiger partial charge is 0.123 e. The van der Waals surface area contributed by atoms with Crippen LogP contribution in [0.4, 0.5) is 4.39 Å². The van der Waals surface area contributed by atoms with Gasteiger partial charge in [-0.1, -0.05) is 30.4 Å². The van der Waals surface area contributed by atoms with Crippen LogP contribution in [0.1, 0.15) is 18.4 Å². The molecule has 1 aromatic carbocycles. The van der Waals surface area contributed by atoms with E-state index in [2.05, 4.69) is 23.6 Å². The van der Waals surface area contributed by atoms with Crippen molar-refractivity contribution in [2.45, 2.75) is 12.8 Å². The largest absolute Gasteiger partial charge is 0.300 e. The lowest BCUT2D eigenvalue weighted by atomic mass is 9.95. The molecule has 0 bridgehead atoms. The van der Waals surface area contributed by atoms with Gasteiger partial charge < -0.3 is 0 Å². The van der Waals surface area contributed by atoms with Crippen LogP contribution >= 0.6 is 0 Å². The molecule has 0 aliphatic carbocycles. The summed E-state index contributed by atoms with van der Waals surface area (Å²) in [7, 11) is 0. The monoisotopic (exact) mass is 245 g/mol. The van der Waals surface area contributed by atoms with E-state index in [4.69, 9.17) is 0 Å². The fourth-order valence-electron chi connectivity index (χ4n) is 2.33. The lowest BCUT2D eigenvalue weighted by Crippen LogP contribution is -2.33. The van der Waals surface area contributed by atoms with Crippen LogP contribution in [0.3, 0.4) is 0 Å². The maximum Gasteiger partial charge on any atom is 0.123 e. The average Bonchev–Trinajstić information content (AvgIpc) is 2.40. The highest BCUT2D eigenvalue weighted by molar-refractivity contribution is 5.49. The van der Waals surface area contributed by atoms with Crippen LogP contribution in [0.15, 0.2) is 43.0 Å². The minimum absolute atomic E-state index is 0.176. The fraction of sp³-hybridized carbons (Fsp3) is 0.375. The predicted octanol–water partition coefficient (Wildman–Crippen LogP) is 3.74. The highest BCUT2D eigenvalue weighted by atomic mass is 19.1. The summed E-state index contributed by atoms with van der Waals surface area (Å²) < 4.78 is 12.8. The molecule has 2 rings (SSSR count). The third-order valence-corrected chi connectivity index (χ3v) is 3.45. The summed E-state index contributed by atoms with van der Waals surface area (Å²) in [5.74, 6) is 0.473. The van der Waals surface area contributed by atoms with Gasteiger partial charge in [0.15, 0.2) is 0 Å². The quantitative estimate of drug-likeness (QED) is 0.730. The Morgan fingerprint density at radius 1 is 1.22 bits per heavy atom. The first-order valence-electron chi connectivity index (χ1n) is 6.55. The molecule has 1 saturated heterocycles. The SMILES string of the molecule is C=CCN1CCC(/C=C/c2ccc(F)cc2)CC1. The maximum absolute atomic E-state index is 12.8. The Morgan fingerprint density at radius 2 is 1.89 bits per heavy atom. The van der Waals surface area contributed by atoms with E-state index in [9.17, 15) is 4.39 Å². The van der Waals surface area contributed by atoms with Crippen molar-refractivity contribution in [3.63, 3.8) is 0 Å². The molecule has 1 aliphatic rings. The van der Waals surface area contributed by atoms with Gasteiger partial charge in [0.05, 0.1) is 0 Å². The molecular weight excluding hydrogens is 225 g/mol. The second-order valence-electron chi connectivity index (χ2n) is 4.84. The molecule has 1 fully saturated rings. The zero-order valence-electron chi connectivity index (χ0n) is 10.7. The van der Waals surface area contributed by atoms with Gasteiger partial charge in [-0.25, -0.2) is 4.39 Å². The number of benzene rings is 1. The molecule has 0 spiro atoms. The fourth-order valence-corrected chi connectivity index (χ4v) is 2.33. The normalized spacial score (nSPS) is 18.3. The van der Waals surface area contributed by atoms with Gasteiger partial charge in [-0.2, -0.15) is 0 Å². The number of likely N-dealkylation sites (tertiary alicyclic amines) is 1. The summed E-state index contributed by atoms with van der Waals surface area (Å²) in [6.07, 6.45) is 8.73. The summed E-state index contributed by atoms with van der Waals surface area (Å²) in [5, 5.41) is 0. The molecule has 1 heterocycles. The minimum Gasteiger partial charge on any atom is -0.300 e. The van der Waals surface area contributed by atoms with E-state index >= 15 is 0 Å². The Labute approximate surface area is 109 Å². The minimum atomic E-state index is -0.176. The molecule has 1 nitrogen and oxygen atoms in total. The molecule has 0 saturated carbocycles. The van der Waals surface area contributed by atoms with Crippen LogP contribution < -0.4 is 0 Å². The standard InChI is InChI=1S/C16H20FN/c1-2-11-18-12-9-15(10-13-18)4-3-14-5-7-16(17)8-6-14/h2-8,15H,1,9-13H2/b4-3+. The molecule has 96 valence electrons. The molecular formula is C16H20FN. The number of hydrogen-bond donors (Lipinski definition) is 0. The van der Waals surface area contributed by atoms with E-state index < -0.39 is 0 Å². The predicted molar refractivity (Wildman–Crippen MR) is 74.8 cm³/mol. The highest BCUT2D eigenvalue weighted by Gasteiger charge is 2.15. The number of rotatable bonds is 4. The lowest BCUT2D eigenvalue weighted by molar-refractivity contribution is 0.223. The molecule has 0 N–H and O–H groups in total. The summed E-state index contributed by atoms with van der Waals surface area (Å²) in [6.45, 7) is 7.05. The topological polar surface area (TPSA) is 3.24 Å². The Kier molecular flexibility index (Phi) is 4.71.